The van der Waals surface area contributed by atoms with Crippen molar-refractivity contribution in [2.45, 2.75) is 0 Å². The van der Waals surface area contributed by atoms with Crippen molar-refractivity contribution in [3.8, 4) is 11.3 Å². The summed E-state index contributed by atoms with van der Waals surface area (Å²) < 4.78 is 0. The predicted octanol–water partition coefficient (Wildman–Crippen LogP) is 3.64. The number of hydrogen-bond acceptors (Lipinski definition) is 2. The van der Waals surface area contributed by atoms with Crippen molar-refractivity contribution < 1.29 is 0 Å². The summed E-state index contributed by atoms with van der Waals surface area (Å²) in [5.74, 6) is 0. The molecule has 76 valence electrons. The fourth-order valence-electron chi connectivity index (χ4n) is 1.30. The molecular formula is C11H8Cl2N2. The summed E-state index contributed by atoms with van der Waals surface area (Å²) in [5.41, 5.74) is 7.83. The molecule has 0 unspecified atom stereocenters. The Balaban J connectivity index is 2.59. The van der Waals surface area contributed by atoms with Crippen LogP contribution in [0.15, 0.2) is 36.5 Å². The van der Waals surface area contributed by atoms with Gasteiger partial charge >= 0.3 is 0 Å². The van der Waals surface area contributed by atoms with E-state index in [1.54, 1.807) is 24.4 Å². The lowest BCUT2D eigenvalue weighted by molar-refractivity contribution is 1.33. The molecule has 0 spiro atoms. The number of anilines is 1. The molecule has 15 heavy (non-hydrogen) atoms. The third kappa shape index (κ3) is 2.06. The minimum atomic E-state index is 0.497. The molecule has 2 rings (SSSR count). The van der Waals surface area contributed by atoms with Gasteiger partial charge in [0.25, 0.3) is 0 Å². The molecule has 2 nitrogen and oxygen atoms in total. The van der Waals surface area contributed by atoms with E-state index in [2.05, 4.69) is 4.98 Å². The van der Waals surface area contributed by atoms with E-state index in [1.165, 1.54) is 0 Å². The smallest absolute Gasteiger partial charge is 0.0737 e. The number of hydrogen-bond donors (Lipinski definition) is 1. The first-order valence-electron chi connectivity index (χ1n) is 4.34. The Labute approximate surface area is 97.7 Å². The molecule has 0 radical (unpaired) electrons. The number of nitrogens with two attached hydrogens (primary N) is 1. The second kappa shape index (κ2) is 4.09. The topological polar surface area (TPSA) is 38.9 Å². The summed E-state index contributed by atoms with van der Waals surface area (Å²) in [6.07, 6.45) is 1.64. The Hall–Kier alpha value is -1.25. The fourth-order valence-corrected chi connectivity index (χ4v) is 1.69. The molecule has 0 aliphatic heterocycles. The van der Waals surface area contributed by atoms with Crippen molar-refractivity contribution in [2.75, 3.05) is 5.73 Å². The lowest BCUT2D eigenvalue weighted by Gasteiger charge is -2.05. The molecular weight excluding hydrogens is 231 g/mol. The van der Waals surface area contributed by atoms with E-state index in [1.807, 2.05) is 12.1 Å². The van der Waals surface area contributed by atoms with Gasteiger partial charge in [0.1, 0.15) is 0 Å². The Morgan fingerprint density at radius 1 is 1.13 bits per heavy atom. The SMILES string of the molecule is Nc1ccnc(-c2cccc(Cl)c2Cl)c1. The molecule has 1 aromatic heterocycles. The van der Waals surface area contributed by atoms with Crippen LogP contribution in [-0.4, -0.2) is 4.98 Å². The summed E-state index contributed by atoms with van der Waals surface area (Å²) in [5, 5.41) is 1.01. The summed E-state index contributed by atoms with van der Waals surface area (Å²) in [6, 6.07) is 8.91. The van der Waals surface area contributed by atoms with Crippen LogP contribution < -0.4 is 5.73 Å². The molecule has 0 aliphatic carbocycles. The standard InChI is InChI=1S/C11H8Cl2N2/c12-9-3-1-2-8(11(9)13)10-6-7(14)4-5-15-10/h1-6H,(H2,14,15). The molecule has 0 saturated heterocycles. The van der Waals surface area contributed by atoms with Crippen LogP contribution in [0.5, 0.6) is 0 Å². The first kappa shape index (κ1) is 10.3. The molecule has 0 fully saturated rings. The molecule has 0 atom stereocenters. The lowest BCUT2D eigenvalue weighted by atomic mass is 10.1. The highest BCUT2D eigenvalue weighted by Gasteiger charge is 2.07. The maximum atomic E-state index is 6.07. The van der Waals surface area contributed by atoms with E-state index in [4.69, 9.17) is 28.9 Å². The lowest BCUT2D eigenvalue weighted by Crippen LogP contribution is -1.89. The van der Waals surface area contributed by atoms with Crippen molar-refractivity contribution in [1.82, 2.24) is 4.98 Å². The second-order valence-electron chi connectivity index (χ2n) is 3.08. The monoisotopic (exact) mass is 238 g/mol. The zero-order valence-corrected chi connectivity index (χ0v) is 9.26. The van der Waals surface area contributed by atoms with Crippen LogP contribution in [0.4, 0.5) is 5.69 Å². The van der Waals surface area contributed by atoms with Gasteiger partial charge in [-0.1, -0.05) is 35.3 Å². The summed E-state index contributed by atoms with van der Waals surface area (Å²) in [4.78, 5) is 4.19. The maximum Gasteiger partial charge on any atom is 0.0737 e. The Morgan fingerprint density at radius 2 is 1.93 bits per heavy atom. The minimum absolute atomic E-state index is 0.497. The average molecular weight is 239 g/mol. The predicted molar refractivity (Wildman–Crippen MR) is 64.1 cm³/mol. The van der Waals surface area contributed by atoms with E-state index in [0.29, 0.717) is 15.7 Å². The number of aromatic nitrogens is 1. The van der Waals surface area contributed by atoms with Crippen LogP contribution in [0, 0.1) is 0 Å². The first-order chi connectivity index (χ1) is 7.18. The van der Waals surface area contributed by atoms with Crippen LogP contribution in [0.2, 0.25) is 10.0 Å². The molecule has 2 aromatic rings. The van der Waals surface area contributed by atoms with Gasteiger partial charge in [-0.2, -0.15) is 0 Å². The number of pyridine rings is 1. The Morgan fingerprint density at radius 3 is 2.67 bits per heavy atom. The van der Waals surface area contributed by atoms with E-state index in [9.17, 15) is 0 Å². The van der Waals surface area contributed by atoms with Gasteiger partial charge in [0.2, 0.25) is 0 Å². The van der Waals surface area contributed by atoms with E-state index in [-0.39, 0.29) is 0 Å². The number of benzene rings is 1. The number of nitrogens with zero attached hydrogens (tertiary/aromatic N) is 1. The molecule has 4 heteroatoms. The van der Waals surface area contributed by atoms with Crippen LogP contribution in [-0.2, 0) is 0 Å². The summed E-state index contributed by atoms with van der Waals surface area (Å²) in [7, 11) is 0. The molecule has 0 bridgehead atoms. The van der Waals surface area contributed by atoms with Gasteiger partial charge in [-0.05, 0) is 18.2 Å². The number of nitrogen functional groups attached to an aromatic ring is 1. The normalized spacial score (nSPS) is 10.3. The Kier molecular flexibility index (Phi) is 2.80. The highest BCUT2D eigenvalue weighted by Crippen LogP contribution is 2.32. The van der Waals surface area contributed by atoms with E-state index in [0.717, 1.165) is 11.3 Å². The van der Waals surface area contributed by atoms with Crippen LogP contribution in [0.1, 0.15) is 0 Å². The zero-order valence-electron chi connectivity index (χ0n) is 7.74. The van der Waals surface area contributed by atoms with Crippen molar-refractivity contribution in [3.05, 3.63) is 46.6 Å². The first-order valence-corrected chi connectivity index (χ1v) is 5.10. The molecule has 0 amide bonds. The maximum absolute atomic E-state index is 6.07. The highest BCUT2D eigenvalue weighted by atomic mass is 35.5. The third-order valence-corrected chi connectivity index (χ3v) is 2.83. The zero-order chi connectivity index (χ0) is 10.8. The van der Waals surface area contributed by atoms with Crippen LogP contribution in [0.3, 0.4) is 0 Å². The number of rotatable bonds is 1. The highest BCUT2D eigenvalue weighted by molar-refractivity contribution is 6.43. The van der Waals surface area contributed by atoms with E-state index >= 15 is 0 Å². The second-order valence-corrected chi connectivity index (χ2v) is 3.86. The quantitative estimate of drug-likeness (QED) is 0.825. The van der Waals surface area contributed by atoms with Gasteiger partial charge in [-0.25, -0.2) is 0 Å². The van der Waals surface area contributed by atoms with Gasteiger partial charge in [-0.3, -0.25) is 4.98 Å². The molecule has 2 N–H and O–H groups in total. The van der Waals surface area contributed by atoms with Crippen LogP contribution >= 0.6 is 23.2 Å². The average Bonchev–Trinajstić information content (AvgIpc) is 2.22. The van der Waals surface area contributed by atoms with Crippen molar-refractivity contribution in [2.24, 2.45) is 0 Å². The molecule has 0 saturated carbocycles. The van der Waals surface area contributed by atoms with E-state index < -0.39 is 0 Å². The molecule has 1 aromatic carbocycles. The fraction of sp³-hybridized carbons (Fsp3) is 0. The Bertz CT molecular complexity index is 498. The summed E-state index contributed by atoms with van der Waals surface area (Å²) >= 11 is 12.0. The number of halogens is 2. The van der Waals surface area contributed by atoms with Crippen molar-refractivity contribution in [3.63, 3.8) is 0 Å². The van der Waals surface area contributed by atoms with Gasteiger partial charge in [0.05, 0.1) is 15.7 Å². The van der Waals surface area contributed by atoms with Gasteiger partial charge in [0, 0.05) is 17.4 Å². The summed E-state index contributed by atoms with van der Waals surface area (Å²) in [6.45, 7) is 0. The minimum Gasteiger partial charge on any atom is -0.399 e. The van der Waals surface area contributed by atoms with Crippen molar-refractivity contribution >= 4 is 28.9 Å². The van der Waals surface area contributed by atoms with Gasteiger partial charge in [0.15, 0.2) is 0 Å². The molecule has 1 heterocycles. The third-order valence-electron chi connectivity index (χ3n) is 2.01. The molecule has 0 aliphatic rings. The largest absolute Gasteiger partial charge is 0.399 e. The van der Waals surface area contributed by atoms with Gasteiger partial charge < -0.3 is 5.73 Å². The van der Waals surface area contributed by atoms with Crippen LogP contribution in [0.25, 0.3) is 11.3 Å². The van der Waals surface area contributed by atoms with Crippen molar-refractivity contribution in [1.29, 1.82) is 0 Å². The van der Waals surface area contributed by atoms with Gasteiger partial charge in [-0.15, -0.1) is 0 Å².